The van der Waals surface area contributed by atoms with Gasteiger partial charge in [-0.05, 0) is 18.2 Å². The molecule has 0 spiro atoms. The number of aromatic carboxylic acids is 1. The van der Waals surface area contributed by atoms with Crippen molar-refractivity contribution in [3.8, 4) is 0 Å². The molecule has 1 aromatic heterocycles. The maximum absolute atomic E-state index is 12.9. The number of halogens is 1. The van der Waals surface area contributed by atoms with Crippen LogP contribution in [0.25, 0.3) is 10.9 Å². The second kappa shape index (κ2) is 3.34. The van der Waals surface area contributed by atoms with Gasteiger partial charge < -0.3 is 10.9 Å². The number of rotatable bonds is 1. The smallest absolute Gasteiger partial charge is 0.341 e. The number of carboxylic acid groups (broad SMARTS) is 1. The van der Waals surface area contributed by atoms with Crippen molar-refractivity contribution in [2.24, 2.45) is 0 Å². The highest BCUT2D eigenvalue weighted by Crippen LogP contribution is 2.11. The summed E-state index contributed by atoms with van der Waals surface area (Å²) < 4.78 is 13.9. The maximum atomic E-state index is 12.9. The quantitative estimate of drug-likeness (QED) is 0.690. The number of benzene rings is 1. The van der Waals surface area contributed by atoms with Gasteiger partial charge in [0.1, 0.15) is 11.4 Å². The van der Waals surface area contributed by atoms with Crippen LogP contribution in [0.5, 0.6) is 0 Å². The third-order valence-corrected chi connectivity index (χ3v) is 2.22. The van der Waals surface area contributed by atoms with E-state index in [1.165, 1.54) is 6.07 Å². The molecule has 5 nitrogen and oxygen atoms in total. The normalized spacial score (nSPS) is 10.6. The van der Waals surface area contributed by atoms with Crippen molar-refractivity contribution in [3.05, 3.63) is 46.0 Å². The van der Waals surface area contributed by atoms with Crippen molar-refractivity contribution in [1.29, 1.82) is 0 Å². The van der Waals surface area contributed by atoms with Crippen LogP contribution in [0, 0.1) is 5.82 Å². The standard InChI is InChI=1S/C10H7FN2O3/c11-5-1-2-8-6(3-5)9(14)7(10(15)16)4-13(8)12/h1-4H,12H2,(H,15,16). The molecule has 0 radical (unpaired) electrons. The Kier molecular flexibility index (Phi) is 2.12. The summed E-state index contributed by atoms with van der Waals surface area (Å²) >= 11 is 0. The summed E-state index contributed by atoms with van der Waals surface area (Å²) in [5.41, 5.74) is -0.958. The fourth-order valence-electron chi connectivity index (χ4n) is 1.48. The topological polar surface area (TPSA) is 85.3 Å². The lowest BCUT2D eigenvalue weighted by Gasteiger charge is -2.06. The number of nitrogens with zero attached hydrogens (tertiary/aromatic N) is 1. The summed E-state index contributed by atoms with van der Waals surface area (Å²) in [4.78, 5) is 22.4. The Bertz CT molecular complexity index is 648. The fourth-order valence-corrected chi connectivity index (χ4v) is 1.48. The molecule has 0 aliphatic carbocycles. The van der Waals surface area contributed by atoms with Gasteiger partial charge in [-0.1, -0.05) is 0 Å². The van der Waals surface area contributed by atoms with Gasteiger partial charge in [0.15, 0.2) is 0 Å². The van der Waals surface area contributed by atoms with E-state index in [1.807, 2.05) is 0 Å². The molecule has 6 heteroatoms. The Balaban J connectivity index is 2.98. The molecule has 0 aliphatic heterocycles. The number of carboxylic acids is 1. The number of hydrogen-bond donors (Lipinski definition) is 2. The van der Waals surface area contributed by atoms with E-state index in [-0.39, 0.29) is 10.9 Å². The Labute approximate surface area is 88.5 Å². The lowest BCUT2D eigenvalue weighted by molar-refractivity contribution is 0.0695. The number of hydrogen-bond acceptors (Lipinski definition) is 3. The maximum Gasteiger partial charge on any atom is 0.341 e. The van der Waals surface area contributed by atoms with Crippen molar-refractivity contribution in [3.63, 3.8) is 0 Å². The van der Waals surface area contributed by atoms with Crippen molar-refractivity contribution >= 4 is 16.9 Å². The highest BCUT2D eigenvalue weighted by molar-refractivity contribution is 5.92. The molecule has 0 unspecified atom stereocenters. The van der Waals surface area contributed by atoms with Gasteiger partial charge in [-0.15, -0.1) is 0 Å². The zero-order chi connectivity index (χ0) is 11.9. The van der Waals surface area contributed by atoms with Gasteiger partial charge in [0.25, 0.3) is 0 Å². The largest absolute Gasteiger partial charge is 0.477 e. The number of nitrogen functional groups attached to an aromatic ring is 1. The third kappa shape index (κ3) is 1.40. The zero-order valence-electron chi connectivity index (χ0n) is 7.98. The van der Waals surface area contributed by atoms with Crippen LogP contribution in [0.15, 0.2) is 29.2 Å². The molecule has 1 heterocycles. The van der Waals surface area contributed by atoms with Crippen LogP contribution in [0.4, 0.5) is 4.39 Å². The first-order chi connectivity index (χ1) is 7.50. The molecule has 2 aromatic rings. The Morgan fingerprint density at radius 3 is 2.75 bits per heavy atom. The fraction of sp³-hybridized carbons (Fsp3) is 0. The molecule has 0 bridgehead atoms. The van der Waals surface area contributed by atoms with Crippen molar-refractivity contribution in [2.45, 2.75) is 0 Å². The number of fused-ring (bicyclic) bond motifs is 1. The van der Waals surface area contributed by atoms with Crippen LogP contribution in [-0.4, -0.2) is 15.8 Å². The van der Waals surface area contributed by atoms with Crippen molar-refractivity contribution in [2.75, 3.05) is 5.84 Å². The van der Waals surface area contributed by atoms with Crippen molar-refractivity contribution < 1.29 is 14.3 Å². The van der Waals surface area contributed by atoms with E-state index in [0.717, 1.165) is 23.0 Å². The predicted molar refractivity (Wildman–Crippen MR) is 55.3 cm³/mol. The molecule has 0 fully saturated rings. The van der Waals surface area contributed by atoms with Gasteiger partial charge in [0.2, 0.25) is 5.43 Å². The number of carbonyl (C=O) groups is 1. The molecule has 2 rings (SSSR count). The number of nitrogens with two attached hydrogens (primary N) is 1. The van der Waals surface area contributed by atoms with Crippen LogP contribution in [-0.2, 0) is 0 Å². The molecule has 3 N–H and O–H groups in total. The molecular formula is C10H7FN2O3. The summed E-state index contributed by atoms with van der Waals surface area (Å²) in [6.07, 6.45) is 1.00. The van der Waals surface area contributed by atoms with Crippen LogP contribution in [0.2, 0.25) is 0 Å². The minimum atomic E-state index is -1.39. The number of pyridine rings is 1. The minimum Gasteiger partial charge on any atom is -0.477 e. The summed E-state index contributed by atoms with van der Waals surface area (Å²) in [6, 6.07) is 3.43. The molecule has 0 saturated carbocycles. The molecule has 82 valence electrons. The van der Waals surface area contributed by atoms with Gasteiger partial charge in [0.05, 0.1) is 10.9 Å². The van der Waals surface area contributed by atoms with Gasteiger partial charge in [-0.25, -0.2) is 9.18 Å². The lowest BCUT2D eigenvalue weighted by Crippen LogP contribution is -2.22. The lowest BCUT2D eigenvalue weighted by atomic mass is 10.1. The third-order valence-electron chi connectivity index (χ3n) is 2.22. The second-order valence-electron chi connectivity index (χ2n) is 3.25. The SMILES string of the molecule is Nn1cc(C(=O)O)c(=O)c2cc(F)ccc21. The van der Waals surface area contributed by atoms with E-state index in [2.05, 4.69) is 0 Å². The van der Waals surface area contributed by atoms with Crippen LogP contribution in [0.3, 0.4) is 0 Å². The highest BCUT2D eigenvalue weighted by Gasteiger charge is 2.13. The van der Waals surface area contributed by atoms with E-state index in [1.54, 1.807) is 0 Å². The number of aromatic nitrogens is 1. The first-order valence-electron chi connectivity index (χ1n) is 4.34. The summed E-state index contributed by atoms with van der Waals surface area (Å²) in [5.74, 6) is 3.49. The van der Waals surface area contributed by atoms with E-state index in [4.69, 9.17) is 10.9 Å². The molecular weight excluding hydrogens is 215 g/mol. The summed E-state index contributed by atoms with van der Waals surface area (Å²) in [7, 11) is 0. The Hall–Kier alpha value is -2.37. The van der Waals surface area contributed by atoms with Crippen LogP contribution < -0.4 is 11.3 Å². The van der Waals surface area contributed by atoms with Crippen LogP contribution >= 0.6 is 0 Å². The second-order valence-corrected chi connectivity index (χ2v) is 3.25. The average molecular weight is 222 g/mol. The zero-order valence-corrected chi connectivity index (χ0v) is 7.98. The van der Waals surface area contributed by atoms with E-state index >= 15 is 0 Å². The first kappa shape index (κ1) is 10.2. The summed E-state index contributed by atoms with van der Waals surface area (Å²) in [6.45, 7) is 0. The van der Waals surface area contributed by atoms with Gasteiger partial charge >= 0.3 is 5.97 Å². The van der Waals surface area contributed by atoms with E-state index < -0.39 is 22.8 Å². The monoisotopic (exact) mass is 222 g/mol. The van der Waals surface area contributed by atoms with Gasteiger partial charge in [-0.2, -0.15) is 0 Å². The molecule has 0 atom stereocenters. The molecule has 0 aliphatic rings. The molecule has 0 amide bonds. The highest BCUT2D eigenvalue weighted by atomic mass is 19.1. The average Bonchev–Trinajstić information content (AvgIpc) is 2.22. The predicted octanol–water partition coefficient (Wildman–Crippen LogP) is 0.553. The Morgan fingerprint density at radius 1 is 1.44 bits per heavy atom. The minimum absolute atomic E-state index is 0.0533. The first-order valence-corrected chi connectivity index (χ1v) is 4.34. The van der Waals surface area contributed by atoms with Crippen LogP contribution in [0.1, 0.15) is 10.4 Å². The van der Waals surface area contributed by atoms with E-state index in [0.29, 0.717) is 0 Å². The Morgan fingerprint density at radius 2 is 2.12 bits per heavy atom. The van der Waals surface area contributed by atoms with Gasteiger partial charge in [0, 0.05) is 6.20 Å². The molecule has 1 aromatic carbocycles. The summed E-state index contributed by atoms with van der Waals surface area (Å²) in [5, 5.41) is 8.70. The molecule has 0 saturated heterocycles. The molecule has 16 heavy (non-hydrogen) atoms. The van der Waals surface area contributed by atoms with Crippen molar-refractivity contribution in [1.82, 2.24) is 4.68 Å². The van der Waals surface area contributed by atoms with E-state index in [9.17, 15) is 14.0 Å². The van der Waals surface area contributed by atoms with Gasteiger partial charge in [-0.3, -0.25) is 9.47 Å².